The van der Waals surface area contributed by atoms with Crippen LogP contribution in [0.25, 0.3) is 0 Å². The first kappa shape index (κ1) is 16.9. The molecule has 0 saturated heterocycles. The van der Waals surface area contributed by atoms with Crippen molar-refractivity contribution < 1.29 is 9.84 Å². The summed E-state index contributed by atoms with van der Waals surface area (Å²) >= 11 is 1.94. The maximum absolute atomic E-state index is 9.12. The van der Waals surface area contributed by atoms with Crippen molar-refractivity contribution in [2.75, 3.05) is 12.4 Å². The van der Waals surface area contributed by atoms with Crippen molar-refractivity contribution in [1.29, 1.82) is 0 Å². The van der Waals surface area contributed by atoms with Crippen molar-refractivity contribution in [3.63, 3.8) is 0 Å². The van der Waals surface area contributed by atoms with Crippen LogP contribution in [0.4, 0.5) is 0 Å². The molecule has 0 aliphatic carbocycles. The predicted molar refractivity (Wildman–Crippen MR) is 94.4 cm³/mol. The van der Waals surface area contributed by atoms with E-state index in [0.717, 1.165) is 42.3 Å². The van der Waals surface area contributed by atoms with Gasteiger partial charge in [0.15, 0.2) is 0 Å². The fraction of sp³-hybridized carbons (Fsp3) is 0.368. The lowest BCUT2D eigenvalue weighted by molar-refractivity contribution is 0.282. The molecule has 0 aliphatic heterocycles. The molecule has 0 fully saturated rings. The monoisotopic (exact) mass is 316 g/mol. The number of aryl methyl sites for hydroxylation is 1. The van der Waals surface area contributed by atoms with Gasteiger partial charge in [-0.05, 0) is 48.3 Å². The number of aliphatic hydroxyl groups is 1. The van der Waals surface area contributed by atoms with Crippen LogP contribution in [-0.2, 0) is 12.4 Å². The van der Waals surface area contributed by atoms with Gasteiger partial charge < -0.3 is 9.84 Å². The summed E-state index contributed by atoms with van der Waals surface area (Å²) in [7, 11) is 0. The van der Waals surface area contributed by atoms with Crippen molar-refractivity contribution in [2.45, 2.75) is 32.1 Å². The lowest BCUT2D eigenvalue weighted by atomic mass is 10.1. The van der Waals surface area contributed by atoms with Crippen molar-refractivity contribution >= 4 is 11.8 Å². The minimum absolute atomic E-state index is 0.120. The molecule has 0 spiro atoms. The number of para-hydroxylation sites is 1. The van der Waals surface area contributed by atoms with Crippen LogP contribution in [0, 0.1) is 6.92 Å². The standard InChI is InChI=1S/C19H24O2S/c1-16-7-2-3-10-19(16)21-11-4-5-12-22-15-18-9-6-8-17(13-18)14-20/h2-3,6-10,13,20H,4-5,11-12,14-15H2,1H3. The summed E-state index contributed by atoms with van der Waals surface area (Å²) in [4.78, 5) is 0. The van der Waals surface area contributed by atoms with Gasteiger partial charge in [0.1, 0.15) is 5.75 Å². The van der Waals surface area contributed by atoms with Crippen LogP contribution in [0.1, 0.15) is 29.5 Å². The Balaban J connectivity index is 1.57. The third-order valence-corrected chi connectivity index (χ3v) is 4.59. The fourth-order valence-corrected chi connectivity index (χ4v) is 3.18. The lowest BCUT2D eigenvalue weighted by Gasteiger charge is -2.08. The summed E-state index contributed by atoms with van der Waals surface area (Å²) in [5, 5.41) is 9.12. The zero-order valence-electron chi connectivity index (χ0n) is 13.1. The van der Waals surface area contributed by atoms with Gasteiger partial charge >= 0.3 is 0 Å². The van der Waals surface area contributed by atoms with Crippen LogP contribution in [0.15, 0.2) is 48.5 Å². The summed E-state index contributed by atoms with van der Waals surface area (Å²) in [5.74, 6) is 3.14. The van der Waals surface area contributed by atoms with E-state index in [9.17, 15) is 0 Å². The van der Waals surface area contributed by atoms with E-state index in [4.69, 9.17) is 9.84 Å². The molecule has 0 amide bonds. The largest absolute Gasteiger partial charge is 0.493 e. The van der Waals surface area contributed by atoms with Gasteiger partial charge in [0.2, 0.25) is 0 Å². The number of ether oxygens (including phenoxy) is 1. The third-order valence-electron chi connectivity index (χ3n) is 3.48. The average molecular weight is 316 g/mol. The topological polar surface area (TPSA) is 29.5 Å². The highest BCUT2D eigenvalue weighted by Gasteiger charge is 1.99. The van der Waals surface area contributed by atoms with Crippen LogP contribution in [0.2, 0.25) is 0 Å². The highest BCUT2D eigenvalue weighted by molar-refractivity contribution is 7.98. The molecule has 0 aliphatic rings. The zero-order valence-corrected chi connectivity index (χ0v) is 13.9. The van der Waals surface area contributed by atoms with Crippen LogP contribution >= 0.6 is 11.8 Å². The van der Waals surface area contributed by atoms with Crippen LogP contribution < -0.4 is 4.74 Å². The van der Waals surface area contributed by atoms with Crippen molar-refractivity contribution in [3.05, 3.63) is 65.2 Å². The SMILES string of the molecule is Cc1ccccc1OCCCCSCc1cccc(CO)c1. The van der Waals surface area contributed by atoms with E-state index in [2.05, 4.69) is 25.1 Å². The maximum Gasteiger partial charge on any atom is 0.122 e. The number of thioether (sulfide) groups is 1. The van der Waals surface area contributed by atoms with Crippen LogP contribution in [0.5, 0.6) is 5.75 Å². The van der Waals surface area contributed by atoms with E-state index in [-0.39, 0.29) is 6.61 Å². The fourth-order valence-electron chi connectivity index (χ4n) is 2.21. The first-order chi connectivity index (χ1) is 10.8. The van der Waals surface area contributed by atoms with Gasteiger partial charge in [0.25, 0.3) is 0 Å². The molecule has 0 unspecified atom stereocenters. The molecule has 0 atom stereocenters. The smallest absolute Gasteiger partial charge is 0.122 e. The van der Waals surface area contributed by atoms with Gasteiger partial charge in [-0.1, -0.05) is 42.5 Å². The second kappa shape index (κ2) is 9.54. The molecule has 2 aromatic carbocycles. The molecular weight excluding hydrogens is 292 g/mol. The predicted octanol–water partition coefficient (Wildman–Crippen LogP) is 4.58. The highest BCUT2D eigenvalue weighted by Crippen LogP contribution is 2.18. The van der Waals surface area contributed by atoms with Crippen molar-refractivity contribution in [1.82, 2.24) is 0 Å². The molecule has 22 heavy (non-hydrogen) atoms. The summed E-state index contributed by atoms with van der Waals surface area (Å²) in [6.45, 7) is 2.98. The minimum Gasteiger partial charge on any atom is -0.493 e. The summed E-state index contributed by atoms with van der Waals surface area (Å²) in [6, 6.07) is 16.3. The Morgan fingerprint density at radius 3 is 2.64 bits per heavy atom. The van der Waals surface area contributed by atoms with E-state index in [1.165, 1.54) is 11.1 Å². The second-order valence-electron chi connectivity index (χ2n) is 5.35. The van der Waals surface area contributed by atoms with Crippen LogP contribution in [0.3, 0.4) is 0 Å². The van der Waals surface area contributed by atoms with E-state index >= 15 is 0 Å². The van der Waals surface area contributed by atoms with Gasteiger partial charge in [0, 0.05) is 5.75 Å². The van der Waals surface area contributed by atoms with Gasteiger partial charge in [-0.25, -0.2) is 0 Å². The van der Waals surface area contributed by atoms with E-state index < -0.39 is 0 Å². The van der Waals surface area contributed by atoms with E-state index in [0.29, 0.717) is 0 Å². The molecule has 3 heteroatoms. The first-order valence-corrected chi connectivity index (χ1v) is 8.90. The van der Waals surface area contributed by atoms with Crippen molar-refractivity contribution in [2.24, 2.45) is 0 Å². The first-order valence-electron chi connectivity index (χ1n) is 7.74. The van der Waals surface area contributed by atoms with E-state index in [1.807, 2.05) is 42.1 Å². The molecule has 0 aromatic heterocycles. The van der Waals surface area contributed by atoms with E-state index in [1.54, 1.807) is 0 Å². The Kier molecular flexibility index (Phi) is 7.34. The van der Waals surface area contributed by atoms with Gasteiger partial charge in [0.05, 0.1) is 13.2 Å². The lowest BCUT2D eigenvalue weighted by Crippen LogP contribution is -1.99. The second-order valence-corrected chi connectivity index (χ2v) is 6.46. The molecule has 0 radical (unpaired) electrons. The molecule has 1 N–H and O–H groups in total. The minimum atomic E-state index is 0.120. The molecule has 2 aromatic rings. The summed E-state index contributed by atoms with van der Waals surface area (Å²) in [6.07, 6.45) is 2.24. The molecule has 118 valence electrons. The molecule has 2 nitrogen and oxygen atoms in total. The molecule has 0 heterocycles. The Hall–Kier alpha value is -1.45. The summed E-state index contributed by atoms with van der Waals surface area (Å²) < 4.78 is 5.79. The Bertz CT molecular complexity index is 569. The van der Waals surface area contributed by atoms with Crippen molar-refractivity contribution in [3.8, 4) is 5.75 Å². The number of rotatable bonds is 9. The Labute approximate surface area is 137 Å². The highest BCUT2D eigenvalue weighted by atomic mass is 32.2. The van der Waals surface area contributed by atoms with Gasteiger partial charge in [-0.2, -0.15) is 11.8 Å². The van der Waals surface area contributed by atoms with Crippen LogP contribution in [-0.4, -0.2) is 17.5 Å². The number of unbranched alkanes of at least 4 members (excludes halogenated alkanes) is 1. The Morgan fingerprint density at radius 1 is 1.00 bits per heavy atom. The maximum atomic E-state index is 9.12. The molecular formula is C19H24O2S. The average Bonchev–Trinajstić information content (AvgIpc) is 2.56. The molecule has 2 rings (SSSR count). The number of hydrogen-bond acceptors (Lipinski definition) is 3. The number of benzene rings is 2. The zero-order chi connectivity index (χ0) is 15.6. The molecule has 0 saturated carbocycles. The Morgan fingerprint density at radius 2 is 1.82 bits per heavy atom. The summed E-state index contributed by atoms with van der Waals surface area (Å²) in [5.41, 5.74) is 3.47. The van der Waals surface area contributed by atoms with Gasteiger partial charge in [-0.3, -0.25) is 0 Å². The molecule has 0 bridgehead atoms. The number of aliphatic hydroxyl groups excluding tert-OH is 1. The number of hydrogen-bond donors (Lipinski definition) is 1. The quantitative estimate of drug-likeness (QED) is 0.687. The van der Waals surface area contributed by atoms with Gasteiger partial charge in [-0.15, -0.1) is 0 Å². The third kappa shape index (κ3) is 5.74. The normalized spacial score (nSPS) is 10.6.